The predicted octanol–water partition coefficient (Wildman–Crippen LogP) is 2.40. The van der Waals surface area contributed by atoms with E-state index < -0.39 is 0 Å². The normalized spacial score (nSPS) is 14.1. The number of hydrogen-bond acceptors (Lipinski definition) is 4. The van der Waals surface area contributed by atoms with Crippen LogP contribution in [-0.2, 0) is 9.47 Å². The number of ether oxygens (including phenoxy) is 3. The van der Waals surface area contributed by atoms with E-state index in [2.05, 4.69) is 18.3 Å². The molecule has 0 spiro atoms. The van der Waals surface area contributed by atoms with E-state index in [0.29, 0.717) is 13.2 Å². The van der Waals surface area contributed by atoms with E-state index in [-0.39, 0.29) is 12.1 Å². The Labute approximate surface area is 116 Å². The quantitative estimate of drug-likeness (QED) is 0.746. The first kappa shape index (κ1) is 16.0. The second kappa shape index (κ2) is 8.91. The van der Waals surface area contributed by atoms with E-state index in [9.17, 15) is 0 Å². The average molecular weight is 267 g/mol. The minimum atomic E-state index is 0.0942. The third-order valence-corrected chi connectivity index (χ3v) is 2.90. The van der Waals surface area contributed by atoms with Crippen LogP contribution in [0.1, 0.15) is 25.5 Å². The number of nitrogens with one attached hydrogen (secondary N) is 1. The highest BCUT2D eigenvalue weighted by atomic mass is 16.5. The summed E-state index contributed by atoms with van der Waals surface area (Å²) in [4.78, 5) is 0. The van der Waals surface area contributed by atoms with Gasteiger partial charge in [-0.1, -0.05) is 19.1 Å². The van der Waals surface area contributed by atoms with Gasteiger partial charge in [-0.25, -0.2) is 0 Å². The van der Waals surface area contributed by atoms with Crippen LogP contribution in [0.3, 0.4) is 0 Å². The summed E-state index contributed by atoms with van der Waals surface area (Å²) in [7, 11) is 3.36. The standard InChI is InChI=1S/C15H25NO3/c1-5-16-15(11-19-12(2)10-17-3)13-7-6-8-14(9-13)18-4/h6-9,12,15-16H,5,10-11H2,1-4H3. The molecule has 2 atom stereocenters. The molecule has 108 valence electrons. The van der Waals surface area contributed by atoms with Crippen LogP contribution >= 0.6 is 0 Å². The predicted molar refractivity (Wildman–Crippen MR) is 76.7 cm³/mol. The Balaban J connectivity index is 2.64. The van der Waals surface area contributed by atoms with Gasteiger partial charge in [0.25, 0.3) is 0 Å². The largest absolute Gasteiger partial charge is 0.497 e. The molecular weight excluding hydrogens is 242 g/mol. The van der Waals surface area contributed by atoms with Gasteiger partial charge in [0.2, 0.25) is 0 Å². The monoisotopic (exact) mass is 267 g/mol. The van der Waals surface area contributed by atoms with Gasteiger partial charge >= 0.3 is 0 Å². The lowest BCUT2D eigenvalue weighted by atomic mass is 10.1. The Morgan fingerprint density at radius 3 is 2.63 bits per heavy atom. The third kappa shape index (κ3) is 5.59. The first-order valence-corrected chi connectivity index (χ1v) is 6.69. The highest BCUT2D eigenvalue weighted by Crippen LogP contribution is 2.19. The molecule has 0 saturated carbocycles. The first-order chi connectivity index (χ1) is 9.21. The SMILES string of the molecule is CCNC(COC(C)COC)c1cccc(OC)c1. The molecule has 1 aromatic rings. The highest BCUT2D eigenvalue weighted by Gasteiger charge is 2.13. The van der Waals surface area contributed by atoms with Crippen LogP contribution in [0.4, 0.5) is 0 Å². The molecule has 0 radical (unpaired) electrons. The Bertz CT molecular complexity index is 357. The van der Waals surface area contributed by atoms with Crippen molar-refractivity contribution in [1.29, 1.82) is 0 Å². The second-order valence-corrected chi connectivity index (χ2v) is 4.49. The molecule has 1 aromatic carbocycles. The van der Waals surface area contributed by atoms with Crippen LogP contribution in [0, 0.1) is 0 Å². The maximum atomic E-state index is 5.80. The Morgan fingerprint density at radius 1 is 1.21 bits per heavy atom. The van der Waals surface area contributed by atoms with Gasteiger partial charge in [0.05, 0.1) is 32.5 Å². The summed E-state index contributed by atoms with van der Waals surface area (Å²) < 4.78 is 16.1. The summed E-state index contributed by atoms with van der Waals surface area (Å²) in [6, 6.07) is 8.23. The maximum absolute atomic E-state index is 5.80. The van der Waals surface area contributed by atoms with Gasteiger partial charge < -0.3 is 19.5 Å². The summed E-state index contributed by atoms with van der Waals surface area (Å²) in [6.45, 7) is 6.22. The Hall–Kier alpha value is -1.10. The molecule has 19 heavy (non-hydrogen) atoms. The van der Waals surface area contributed by atoms with E-state index in [1.165, 1.54) is 5.56 Å². The zero-order chi connectivity index (χ0) is 14.1. The van der Waals surface area contributed by atoms with Gasteiger partial charge in [-0.05, 0) is 31.2 Å². The lowest BCUT2D eigenvalue weighted by Gasteiger charge is -2.21. The molecule has 0 aliphatic rings. The lowest BCUT2D eigenvalue weighted by Crippen LogP contribution is -2.28. The molecule has 0 aliphatic heterocycles. The average Bonchev–Trinajstić information content (AvgIpc) is 2.44. The Kier molecular flexibility index (Phi) is 7.48. The van der Waals surface area contributed by atoms with Crippen molar-refractivity contribution in [3.8, 4) is 5.75 Å². The minimum Gasteiger partial charge on any atom is -0.497 e. The van der Waals surface area contributed by atoms with Crippen LogP contribution in [0.5, 0.6) is 5.75 Å². The number of rotatable bonds is 9. The van der Waals surface area contributed by atoms with E-state index >= 15 is 0 Å². The van der Waals surface area contributed by atoms with Crippen molar-refractivity contribution in [2.75, 3.05) is 34.0 Å². The van der Waals surface area contributed by atoms with Crippen molar-refractivity contribution in [3.05, 3.63) is 29.8 Å². The highest BCUT2D eigenvalue weighted by molar-refractivity contribution is 5.30. The molecule has 0 heterocycles. The fourth-order valence-corrected chi connectivity index (χ4v) is 1.92. The summed E-state index contributed by atoms with van der Waals surface area (Å²) in [5.41, 5.74) is 1.17. The zero-order valence-electron chi connectivity index (χ0n) is 12.3. The van der Waals surface area contributed by atoms with E-state index in [4.69, 9.17) is 14.2 Å². The van der Waals surface area contributed by atoms with E-state index in [0.717, 1.165) is 12.3 Å². The summed E-state index contributed by atoms with van der Waals surface area (Å²) in [6.07, 6.45) is 0.0942. The van der Waals surface area contributed by atoms with Crippen molar-refractivity contribution >= 4 is 0 Å². The van der Waals surface area contributed by atoms with Crippen LogP contribution in [0.2, 0.25) is 0 Å². The second-order valence-electron chi connectivity index (χ2n) is 4.49. The fourth-order valence-electron chi connectivity index (χ4n) is 1.92. The molecule has 0 amide bonds. The molecule has 0 bridgehead atoms. The number of likely N-dealkylation sites (N-methyl/N-ethyl adjacent to an activating group) is 1. The van der Waals surface area contributed by atoms with Crippen LogP contribution in [0.15, 0.2) is 24.3 Å². The topological polar surface area (TPSA) is 39.7 Å². The molecule has 0 aliphatic carbocycles. The smallest absolute Gasteiger partial charge is 0.119 e. The number of hydrogen-bond donors (Lipinski definition) is 1. The van der Waals surface area contributed by atoms with Crippen molar-refractivity contribution in [1.82, 2.24) is 5.32 Å². The van der Waals surface area contributed by atoms with Crippen molar-refractivity contribution in [2.45, 2.75) is 26.0 Å². The zero-order valence-corrected chi connectivity index (χ0v) is 12.3. The third-order valence-electron chi connectivity index (χ3n) is 2.90. The molecule has 1 rings (SSSR count). The van der Waals surface area contributed by atoms with Crippen LogP contribution in [-0.4, -0.2) is 40.1 Å². The van der Waals surface area contributed by atoms with E-state index in [1.807, 2.05) is 25.1 Å². The summed E-state index contributed by atoms with van der Waals surface area (Å²) in [5.74, 6) is 0.866. The summed E-state index contributed by atoms with van der Waals surface area (Å²) >= 11 is 0. The van der Waals surface area contributed by atoms with E-state index in [1.54, 1.807) is 14.2 Å². The molecule has 0 aromatic heterocycles. The lowest BCUT2D eigenvalue weighted by molar-refractivity contribution is -0.000398. The minimum absolute atomic E-state index is 0.0942. The molecule has 4 heteroatoms. The molecular formula is C15H25NO3. The van der Waals surface area contributed by atoms with Gasteiger partial charge in [-0.2, -0.15) is 0 Å². The number of benzene rings is 1. The molecule has 4 nitrogen and oxygen atoms in total. The molecule has 0 saturated heterocycles. The number of methoxy groups -OCH3 is 2. The first-order valence-electron chi connectivity index (χ1n) is 6.69. The van der Waals surface area contributed by atoms with Gasteiger partial charge in [0.1, 0.15) is 5.75 Å². The maximum Gasteiger partial charge on any atom is 0.119 e. The van der Waals surface area contributed by atoms with Gasteiger partial charge in [-0.3, -0.25) is 0 Å². The van der Waals surface area contributed by atoms with Crippen LogP contribution in [0.25, 0.3) is 0 Å². The Morgan fingerprint density at radius 2 is 2.00 bits per heavy atom. The van der Waals surface area contributed by atoms with Crippen molar-refractivity contribution in [3.63, 3.8) is 0 Å². The summed E-state index contributed by atoms with van der Waals surface area (Å²) in [5, 5.41) is 3.43. The van der Waals surface area contributed by atoms with Gasteiger partial charge in [0, 0.05) is 7.11 Å². The van der Waals surface area contributed by atoms with Gasteiger partial charge in [0.15, 0.2) is 0 Å². The fraction of sp³-hybridized carbons (Fsp3) is 0.600. The molecule has 2 unspecified atom stereocenters. The molecule has 0 fully saturated rings. The van der Waals surface area contributed by atoms with Gasteiger partial charge in [-0.15, -0.1) is 0 Å². The van der Waals surface area contributed by atoms with Crippen molar-refractivity contribution in [2.24, 2.45) is 0 Å². The van der Waals surface area contributed by atoms with Crippen molar-refractivity contribution < 1.29 is 14.2 Å². The molecule has 1 N–H and O–H groups in total. The van der Waals surface area contributed by atoms with Crippen LogP contribution < -0.4 is 10.1 Å².